The number of hydrogen-bond donors (Lipinski definition) is 2. The summed E-state index contributed by atoms with van der Waals surface area (Å²) in [5, 5.41) is 5.63. The zero-order valence-electron chi connectivity index (χ0n) is 8.87. The van der Waals surface area contributed by atoms with Crippen molar-refractivity contribution in [3.8, 4) is 0 Å². The summed E-state index contributed by atoms with van der Waals surface area (Å²) in [6.07, 6.45) is 2.02. The summed E-state index contributed by atoms with van der Waals surface area (Å²) in [4.78, 5) is 11.4. The second kappa shape index (κ2) is 3.42. The molecule has 2 rings (SSSR count). The third-order valence-electron chi connectivity index (χ3n) is 2.56. The molecule has 0 radical (unpaired) electrons. The molecule has 1 heterocycles. The van der Waals surface area contributed by atoms with E-state index in [1.54, 1.807) is 0 Å². The van der Waals surface area contributed by atoms with E-state index in [0.29, 0.717) is 0 Å². The van der Waals surface area contributed by atoms with Gasteiger partial charge >= 0.3 is 6.03 Å². The highest BCUT2D eigenvalue weighted by Gasteiger charge is 2.29. The maximum absolute atomic E-state index is 11.4. The second-order valence-corrected chi connectivity index (χ2v) is 3.97. The Morgan fingerprint density at radius 2 is 1.87 bits per heavy atom. The van der Waals surface area contributed by atoms with Crippen LogP contribution < -0.4 is 10.6 Å². The zero-order valence-corrected chi connectivity index (χ0v) is 8.87. The molecule has 1 aliphatic rings. The molecule has 0 aromatic heterocycles. The van der Waals surface area contributed by atoms with Crippen molar-refractivity contribution >= 4 is 6.03 Å². The van der Waals surface area contributed by atoms with Gasteiger partial charge in [-0.1, -0.05) is 30.3 Å². The highest BCUT2D eigenvalue weighted by atomic mass is 16.2. The Morgan fingerprint density at radius 3 is 2.47 bits per heavy atom. The molecule has 0 aliphatic carbocycles. The Bertz CT molecular complexity index is 411. The van der Waals surface area contributed by atoms with Gasteiger partial charge in [-0.05, 0) is 25.5 Å². The third kappa shape index (κ3) is 1.86. The van der Waals surface area contributed by atoms with Crippen molar-refractivity contribution in [2.45, 2.75) is 19.4 Å². The maximum atomic E-state index is 11.4. The first-order chi connectivity index (χ1) is 7.10. The van der Waals surface area contributed by atoms with Crippen LogP contribution in [-0.4, -0.2) is 6.03 Å². The SMILES string of the molecule is CC1=CC(C)(c2ccccc2)NC(=O)N1. The zero-order chi connectivity index (χ0) is 10.9. The Labute approximate surface area is 89.2 Å². The normalized spacial score (nSPS) is 25.2. The molecule has 0 spiro atoms. The lowest BCUT2D eigenvalue weighted by Gasteiger charge is -2.32. The standard InChI is InChI=1S/C12H14N2O/c1-9-8-12(2,14-11(15)13-9)10-6-4-3-5-7-10/h3-8H,1-2H3,(H2,13,14,15). The van der Waals surface area contributed by atoms with Gasteiger partial charge in [0.2, 0.25) is 0 Å². The van der Waals surface area contributed by atoms with Crippen molar-refractivity contribution in [1.29, 1.82) is 0 Å². The first-order valence-electron chi connectivity index (χ1n) is 4.94. The number of rotatable bonds is 1. The van der Waals surface area contributed by atoms with Crippen molar-refractivity contribution in [2.75, 3.05) is 0 Å². The fourth-order valence-corrected chi connectivity index (χ4v) is 1.89. The molecule has 1 aromatic carbocycles. The quantitative estimate of drug-likeness (QED) is 0.719. The largest absolute Gasteiger partial charge is 0.325 e. The van der Waals surface area contributed by atoms with Gasteiger partial charge in [-0.3, -0.25) is 0 Å². The van der Waals surface area contributed by atoms with Crippen LogP contribution in [0.5, 0.6) is 0 Å². The van der Waals surface area contributed by atoms with Crippen LogP contribution in [0, 0.1) is 0 Å². The topological polar surface area (TPSA) is 41.1 Å². The van der Waals surface area contributed by atoms with Gasteiger partial charge in [0.05, 0.1) is 5.54 Å². The van der Waals surface area contributed by atoms with Crippen LogP contribution in [0.25, 0.3) is 0 Å². The molecule has 1 unspecified atom stereocenters. The van der Waals surface area contributed by atoms with Crippen LogP contribution in [0.15, 0.2) is 42.1 Å². The summed E-state index contributed by atoms with van der Waals surface area (Å²) in [5.41, 5.74) is 1.55. The van der Waals surface area contributed by atoms with Gasteiger partial charge in [0.15, 0.2) is 0 Å². The molecule has 0 saturated carbocycles. The molecule has 1 atom stereocenters. The van der Waals surface area contributed by atoms with Gasteiger partial charge in [0.1, 0.15) is 0 Å². The summed E-state index contributed by atoms with van der Waals surface area (Å²) in [6.45, 7) is 3.88. The number of nitrogens with one attached hydrogen (secondary N) is 2. The predicted octanol–water partition coefficient (Wildman–Crippen LogP) is 2.12. The monoisotopic (exact) mass is 202 g/mol. The molecule has 1 aromatic rings. The highest BCUT2D eigenvalue weighted by Crippen LogP contribution is 2.25. The van der Waals surface area contributed by atoms with Crippen LogP contribution in [0.1, 0.15) is 19.4 Å². The molecule has 2 amide bonds. The molecule has 78 valence electrons. The minimum absolute atomic E-state index is 0.152. The van der Waals surface area contributed by atoms with Crippen LogP contribution in [0.3, 0.4) is 0 Å². The van der Waals surface area contributed by atoms with Gasteiger partial charge in [-0.2, -0.15) is 0 Å². The summed E-state index contributed by atoms with van der Waals surface area (Å²) in [5.74, 6) is 0. The molecule has 3 nitrogen and oxygen atoms in total. The first-order valence-corrected chi connectivity index (χ1v) is 4.94. The van der Waals surface area contributed by atoms with E-state index in [2.05, 4.69) is 10.6 Å². The Kier molecular flexibility index (Phi) is 2.23. The number of carbonyl (C=O) groups excluding carboxylic acids is 1. The van der Waals surface area contributed by atoms with Crippen LogP contribution >= 0.6 is 0 Å². The second-order valence-electron chi connectivity index (χ2n) is 3.97. The fraction of sp³-hybridized carbons (Fsp3) is 0.250. The maximum Gasteiger partial charge on any atom is 0.319 e. The lowest BCUT2D eigenvalue weighted by Crippen LogP contribution is -2.50. The van der Waals surface area contributed by atoms with Gasteiger partial charge in [0.25, 0.3) is 0 Å². The van der Waals surface area contributed by atoms with Gasteiger partial charge < -0.3 is 10.6 Å². The number of benzene rings is 1. The van der Waals surface area contributed by atoms with E-state index in [1.807, 2.05) is 50.3 Å². The Balaban J connectivity index is 2.43. The van der Waals surface area contributed by atoms with Gasteiger partial charge in [-0.15, -0.1) is 0 Å². The molecule has 0 fully saturated rings. The average molecular weight is 202 g/mol. The van der Waals surface area contributed by atoms with Crippen molar-refractivity contribution in [2.24, 2.45) is 0 Å². The number of urea groups is 1. The molecule has 2 N–H and O–H groups in total. The first kappa shape index (κ1) is 9.77. The lowest BCUT2D eigenvalue weighted by molar-refractivity contribution is 0.232. The molecular formula is C12H14N2O. The van der Waals surface area contributed by atoms with Crippen LogP contribution in [0.4, 0.5) is 4.79 Å². The average Bonchev–Trinajstić information content (AvgIpc) is 2.17. The third-order valence-corrected chi connectivity index (χ3v) is 2.56. The molecule has 0 saturated heterocycles. The van der Waals surface area contributed by atoms with E-state index in [9.17, 15) is 4.79 Å². The van der Waals surface area contributed by atoms with Crippen molar-refractivity contribution in [1.82, 2.24) is 10.6 Å². The molecule has 1 aliphatic heterocycles. The minimum Gasteiger partial charge on any atom is -0.325 e. The van der Waals surface area contributed by atoms with Crippen molar-refractivity contribution in [3.63, 3.8) is 0 Å². The Morgan fingerprint density at radius 1 is 1.20 bits per heavy atom. The van der Waals surface area contributed by atoms with E-state index in [-0.39, 0.29) is 6.03 Å². The number of hydrogen-bond acceptors (Lipinski definition) is 1. The number of carbonyl (C=O) groups is 1. The van der Waals surface area contributed by atoms with Crippen LogP contribution in [-0.2, 0) is 5.54 Å². The van der Waals surface area contributed by atoms with Gasteiger partial charge in [-0.25, -0.2) is 4.79 Å². The number of amides is 2. The Hall–Kier alpha value is -1.77. The highest BCUT2D eigenvalue weighted by molar-refractivity contribution is 5.78. The smallest absolute Gasteiger partial charge is 0.319 e. The van der Waals surface area contributed by atoms with E-state index in [0.717, 1.165) is 11.3 Å². The van der Waals surface area contributed by atoms with E-state index < -0.39 is 5.54 Å². The summed E-state index contributed by atoms with van der Waals surface area (Å²) in [6, 6.07) is 9.77. The molecule has 0 bridgehead atoms. The fourth-order valence-electron chi connectivity index (χ4n) is 1.89. The number of allylic oxidation sites excluding steroid dienone is 1. The molecule has 3 heteroatoms. The van der Waals surface area contributed by atoms with Gasteiger partial charge in [0, 0.05) is 5.70 Å². The lowest BCUT2D eigenvalue weighted by atomic mass is 9.90. The van der Waals surface area contributed by atoms with Crippen molar-refractivity contribution in [3.05, 3.63) is 47.7 Å². The molecule has 15 heavy (non-hydrogen) atoms. The molecular weight excluding hydrogens is 188 g/mol. The van der Waals surface area contributed by atoms with E-state index >= 15 is 0 Å². The van der Waals surface area contributed by atoms with E-state index in [1.165, 1.54) is 0 Å². The summed E-state index contributed by atoms with van der Waals surface area (Å²) in [7, 11) is 0. The summed E-state index contributed by atoms with van der Waals surface area (Å²) >= 11 is 0. The minimum atomic E-state index is -0.409. The predicted molar refractivity (Wildman–Crippen MR) is 59.2 cm³/mol. The van der Waals surface area contributed by atoms with Crippen molar-refractivity contribution < 1.29 is 4.79 Å². The van der Waals surface area contributed by atoms with E-state index in [4.69, 9.17) is 0 Å². The van der Waals surface area contributed by atoms with Crippen LogP contribution in [0.2, 0.25) is 0 Å². The summed E-state index contributed by atoms with van der Waals surface area (Å²) < 4.78 is 0.